The summed E-state index contributed by atoms with van der Waals surface area (Å²) in [5.41, 5.74) is 1.75. The van der Waals surface area contributed by atoms with Crippen LogP contribution >= 0.6 is 0 Å². The van der Waals surface area contributed by atoms with E-state index in [1.165, 1.54) is 7.11 Å². The Kier molecular flexibility index (Phi) is 4.80. The molecular formula is C14H18O3S. The normalized spacial score (nSPS) is 11.3. The van der Waals surface area contributed by atoms with Gasteiger partial charge in [-0.1, -0.05) is 31.9 Å². The van der Waals surface area contributed by atoms with Crippen molar-refractivity contribution in [3.8, 4) is 18.1 Å². The molecule has 18 heavy (non-hydrogen) atoms. The van der Waals surface area contributed by atoms with Crippen molar-refractivity contribution >= 4 is 9.84 Å². The maximum absolute atomic E-state index is 11.8. The maximum atomic E-state index is 11.8. The van der Waals surface area contributed by atoms with Crippen LogP contribution in [0.4, 0.5) is 0 Å². The van der Waals surface area contributed by atoms with Crippen LogP contribution in [-0.4, -0.2) is 21.3 Å². The quantitative estimate of drug-likeness (QED) is 0.768. The molecule has 3 nitrogen and oxygen atoms in total. The van der Waals surface area contributed by atoms with Gasteiger partial charge in [0.25, 0.3) is 0 Å². The summed E-state index contributed by atoms with van der Waals surface area (Å²) >= 11 is 0. The van der Waals surface area contributed by atoms with Gasteiger partial charge in [0.1, 0.15) is 11.5 Å². The lowest BCUT2D eigenvalue weighted by Crippen LogP contribution is -2.09. The van der Waals surface area contributed by atoms with Crippen molar-refractivity contribution in [2.24, 2.45) is 0 Å². The lowest BCUT2D eigenvalue weighted by molar-refractivity contribution is 0.410. The Morgan fingerprint density at radius 3 is 2.56 bits per heavy atom. The second-order valence-electron chi connectivity index (χ2n) is 4.46. The van der Waals surface area contributed by atoms with E-state index >= 15 is 0 Å². The van der Waals surface area contributed by atoms with Gasteiger partial charge in [-0.05, 0) is 17.5 Å². The van der Waals surface area contributed by atoms with E-state index in [4.69, 9.17) is 11.2 Å². The Bertz CT molecular complexity index is 551. The second-order valence-corrected chi connectivity index (χ2v) is 6.53. The Labute approximate surface area is 109 Å². The van der Waals surface area contributed by atoms with Crippen molar-refractivity contribution in [1.82, 2.24) is 0 Å². The third kappa shape index (κ3) is 3.78. The van der Waals surface area contributed by atoms with E-state index in [0.717, 1.165) is 5.56 Å². The molecule has 1 aromatic rings. The van der Waals surface area contributed by atoms with Crippen LogP contribution in [0.15, 0.2) is 18.2 Å². The molecule has 0 aliphatic heterocycles. The van der Waals surface area contributed by atoms with E-state index in [-0.39, 0.29) is 11.5 Å². The highest BCUT2D eigenvalue weighted by atomic mass is 32.2. The topological polar surface area (TPSA) is 43.4 Å². The summed E-state index contributed by atoms with van der Waals surface area (Å²) < 4.78 is 28.7. The molecule has 0 bridgehead atoms. The number of benzene rings is 1. The first-order valence-corrected chi connectivity index (χ1v) is 7.52. The molecule has 0 amide bonds. The molecule has 0 aliphatic carbocycles. The lowest BCUT2D eigenvalue weighted by Gasteiger charge is -2.12. The van der Waals surface area contributed by atoms with Gasteiger partial charge in [-0.3, -0.25) is 0 Å². The minimum Gasteiger partial charge on any atom is -0.496 e. The number of hydrogen-bond acceptors (Lipinski definition) is 3. The number of hydrogen-bond donors (Lipinski definition) is 0. The minimum absolute atomic E-state index is 0.0824. The zero-order valence-electron chi connectivity index (χ0n) is 10.9. The van der Waals surface area contributed by atoms with Gasteiger partial charge in [0.15, 0.2) is 9.84 Å². The average molecular weight is 266 g/mol. The molecule has 0 aromatic heterocycles. The van der Waals surface area contributed by atoms with Crippen molar-refractivity contribution in [2.75, 3.05) is 12.9 Å². The Hall–Kier alpha value is -1.47. The van der Waals surface area contributed by atoms with Crippen molar-refractivity contribution in [2.45, 2.75) is 25.5 Å². The fourth-order valence-electron chi connectivity index (χ4n) is 1.69. The predicted molar refractivity (Wildman–Crippen MR) is 73.4 cm³/mol. The van der Waals surface area contributed by atoms with Gasteiger partial charge in [0, 0.05) is 5.56 Å². The molecule has 1 rings (SSSR count). The summed E-state index contributed by atoms with van der Waals surface area (Å²) in [6.45, 7) is 4.11. The van der Waals surface area contributed by atoms with E-state index in [9.17, 15) is 8.42 Å². The van der Waals surface area contributed by atoms with Crippen LogP contribution in [0.2, 0.25) is 0 Å². The Balaban J connectivity index is 3.14. The largest absolute Gasteiger partial charge is 0.496 e. The van der Waals surface area contributed by atoms with Gasteiger partial charge >= 0.3 is 0 Å². The standard InChI is InChI=1S/C14H18O3S/c1-5-8-18(15,16)10-13-9-12(11(2)3)6-7-14(13)17-4/h1,6-7,9,11H,8,10H2,2-4H3. The minimum atomic E-state index is -3.28. The molecule has 0 saturated heterocycles. The van der Waals surface area contributed by atoms with Crippen LogP contribution < -0.4 is 4.74 Å². The van der Waals surface area contributed by atoms with E-state index in [2.05, 4.69) is 19.8 Å². The molecule has 0 aliphatic rings. The molecular weight excluding hydrogens is 248 g/mol. The molecule has 0 N–H and O–H groups in total. The highest BCUT2D eigenvalue weighted by molar-refractivity contribution is 7.90. The number of sulfone groups is 1. The summed E-state index contributed by atoms with van der Waals surface area (Å²) in [5, 5.41) is 0. The van der Waals surface area contributed by atoms with Crippen molar-refractivity contribution in [3.63, 3.8) is 0 Å². The van der Waals surface area contributed by atoms with Crippen LogP contribution in [0.5, 0.6) is 5.75 Å². The van der Waals surface area contributed by atoms with Crippen LogP contribution in [0, 0.1) is 12.3 Å². The van der Waals surface area contributed by atoms with Gasteiger partial charge in [0.2, 0.25) is 0 Å². The first-order valence-electron chi connectivity index (χ1n) is 5.70. The van der Waals surface area contributed by atoms with Crippen LogP contribution in [0.3, 0.4) is 0 Å². The van der Waals surface area contributed by atoms with E-state index in [0.29, 0.717) is 17.2 Å². The second kappa shape index (κ2) is 5.92. The fraction of sp³-hybridized carbons (Fsp3) is 0.429. The fourth-order valence-corrected chi connectivity index (χ4v) is 2.74. The zero-order valence-corrected chi connectivity index (χ0v) is 11.8. The zero-order chi connectivity index (χ0) is 13.8. The molecule has 0 heterocycles. The number of rotatable bonds is 5. The lowest BCUT2D eigenvalue weighted by atomic mass is 10.0. The first kappa shape index (κ1) is 14.6. The molecule has 0 unspecified atom stereocenters. The Morgan fingerprint density at radius 2 is 2.06 bits per heavy atom. The first-order chi connectivity index (χ1) is 8.39. The average Bonchev–Trinajstić information content (AvgIpc) is 2.28. The molecule has 0 radical (unpaired) electrons. The van der Waals surface area contributed by atoms with Gasteiger partial charge in [-0.25, -0.2) is 8.42 Å². The molecule has 0 spiro atoms. The summed E-state index contributed by atoms with van der Waals surface area (Å²) in [4.78, 5) is 0. The van der Waals surface area contributed by atoms with Crippen molar-refractivity contribution in [3.05, 3.63) is 29.3 Å². The van der Waals surface area contributed by atoms with Crippen LogP contribution in [-0.2, 0) is 15.6 Å². The van der Waals surface area contributed by atoms with E-state index < -0.39 is 9.84 Å². The van der Waals surface area contributed by atoms with Crippen LogP contribution in [0.1, 0.15) is 30.9 Å². The summed E-state index contributed by atoms with van der Waals surface area (Å²) in [7, 11) is -1.75. The molecule has 4 heteroatoms. The third-order valence-electron chi connectivity index (χ3n) is 2.65. The summed E-state index contributed by atoms with van der Waals surface area (Å²) in [6.07, 6.45) is 5.06. The molecule has 0 saturated carbocycles. The van der Waals surface area contributed by atoms with Gasteiger partial charge in [-0.15, -0.1) is 6.42 Å². The number of methoxy groups -OCH3 is 1. The molecule has 98 valence electrons. The van der Waals surface area contributed by atoms with Gasteiger partial charge < -0.3 is 4.74 Å². The molecule has 1 aromatic carbocycles. The van der Waals surface area contributed by atoms with Gasteiger partial charge in [-0.2, -0.15) is 0 Å². The highest BCUT2D eigenvalue weighted by Crippen LogP contribution is 2.25. The van der Waals surface area contributed by atoms with Crippen LogP contribution in [0.25, 0.3) is 0 Å². The highest BCUT2D eigenvalue weighted by Gasteiger charge is 2.15. The van der Waals surface area contributed by atoms with E-state index in [1.807, 2.05) is 12.1 Å². The molecule has 0 fully saturated rings. The summed E-state index contributed by atoms with van der Waals surface area (Å²) in [6, 6.07) is 5.62. The predicted octanol–water partition coefficient (Wildman–Crippen LogP) is 2.37. The third-order valence-corrected chi connectivity index (χ3v) is 4.01. The van der Waals surface area contributed by atoms with E-state index in [1.54, 1.807) is 6.07 Å². The SMILES string of the molecule is C#CCS(=O)(=O)Cc1cc(C(C)C)ccc1OC. The van der Waals surface area contributed by atoms with Crippen molar-refractivity contribution in [1.29, 1.82) is 0 Å². The van der Waals surface area contributed by atoms with Crippen molar-refractivity contribution < 1.29 is 13.2 Å². The Morgan fingerprint density at radius 1 is 1.39 bits per heavy atom. The number of ether oxygens (including phenoxy) is 1. The monoisotopic (exact) mass is 266 g/mol. The molecule has 0 atom stereocenters. The maximum Gasteiger partial charge on any atom is 0.165 e. The van der Waals surface area contributed by atoms with Gasteiger partial charge in [0.05, 0.1) is 12.9 Å². The number of terminal acetylenes is 1. The summed E-state index contributed by atoms with van der Waals surface area (Å²) in [5.74, 6) is 2.77. The smallest absolute Gasteiger partial charge is 0.165 e.